The maximum Gasteiger partial charge on any atom is 0.237 e. The molecule has 2 bridgehead atoms. The van der Waals surface area contributed by atoms with Gasteiger partial charge < -0.3 is 15.7 Å². The summed E-state index contributed by atoms with van der Waals surface area (Å²) >= 11 is 0. The van der Waals surface area contributed by atoms with Crippen molar-refractivity contribution < 1.29 is 14.7 Å². The third-order valence-corrected chi connectivity index (χ3v) is 4.69. The lowest BCUT2D eigenvalue weighted by molar-refractivity contribution is -0.133. The smallest absolute Gasteiger partial charge is 0.237 e. The molecule has 2 aliphatic heterocycles. The Morgan fingerprint density at radius 1 is 1.60 bits per heavy atom. The van der Waals surface area contributed by atoms with Crippen LogP contribution in [0.3, 0.4) is 0 Å². The molecule has 0 aromatic carbocycles. The van der Waals surface area contributed by atoms with E-state index in [9.17, 15) is 14.7 Å². The number of hydrogen-bond donors (Lipinski definition) is 2. The number of carbonyl (C=O) groups is 2. The average molecular weight is 282 g/mol. The molecule has 0 saturated carbocycles. The first-order valence-electron chi connectivity index (χ1n) is 7.15. The van der Waals surface area contributed by atoms with Gasteiger partial charge in [0.15, 0.2) is 0 Å². The van der Waals surface area contributed by atoms with Crippen molar-refractivity contribution in [2.24, 2.45) is 5.73 Å². The highest BCUT2D eigenvalue weighted by molar-refractivity contribution is 5.85. The van der Waals surface area contributed by atoms with E-state index in [0.717, 1.165) is 19.3 Å². The van der Waals surface area contributed by atoms with Crippen molar-refractivity contribution >= 4 is 11.8 Å². The first-order chi connectivity index (χ1) is 9.36. The van der Waals surface area contributed by atoms with Gasteiger partial charge in [-0.15, -0.1) is 0 Å². The van der Waals surface area contributed by atoms with Gasteiger partial charge in [-0.25, -0.2) is 0 Å². The zero-order valence-electron chi connectivity index (χ0n) is 12.2. The standard InChI is InChI=1S/C14H24N3O3/c1-10(18)16(2)8-12(19)9-17-11-4-3-6-14(17,7-5-11)13(15)20/h3,11-12,19H,4-9H2,1-2H3,(H2,15,20)/t11-,12?,14+/m0/s1. The second-order valence-electron chi connectivity index (χ2n) is 6.02. The van der Waals surface area contributed by atoms with Crippen molar-refractivity contribution in [2.75, 3.05) is 20.1 Å². The summed E-state index contributed by atoms with van der Waals surface area (Å²) in [6.07, 6.45) is 4.76. The van der Waals surface area contributed by atoms with Gasteiger partial charge in [0.05, 0.1) is 6.10 Å². The second-order valence-corrected chi connectivity index (χ2v) is 6.02. The van der Waals surface area contributed by atoms with Gasteiger partial charge in [0.2, 0.25) is 11.8 Å². The molecule has 1 radical (unpaired) electrons. The predicted octanol–water partition coefficient (Wildman–Crippen LogP) is -0.488. The molecule has 3 atom stereocenters. The quantitative estimate of drug-likeness (QED) is 0.712. The highest BCUT2D eigenvalue weighted by Gasteiger charge is 2.52. The Labute approximate surface area is 119 Å². The molecule has 113 valence electrons. The molecule has 6 nitrogen and oxygen atoms in total. The van der Waals surface area contributed by atoms with Gasteiger partial charge in [-0.3, -0.25) is 14.5 Å². The number of amides is 2. The van der Waals surface area contributed by atoms with Crippen LogP contribution >= 0.6 is 0 Å². The van der Waals surface area contributed by atoms with Gasteiger partial charge in [0.1, 0.15) is 5.54 Å². The van der Waals surface area contributed by atoms with Crippen LogP contribution in [0.5, 0.6) is 0 Å². The molecule has 2 aliphatic rings. The number of piperidine rings is 1. The van der Waals surface area contributed by atoms with Crippen LogP contribution in [0.25, 0.3) is 0 Å². The highest BCUT2D eigenvalue weighted by atomic mass is 16.3. The van der Waals surface area contributed by atoms with Crippen molar-refractivity contribution in [3.63, 3.8) is 0 Å². The van der Waals surface area contributed by atoms with E-state index in [1.165, 1.54) is 11.8 Å². The lowest BCUT2D eigenvalue weighted by atomic mass is 9.87. The molecule has 0 aromatic heterocycles. The summed E-state index contributed by atoms with van der Waals surface area (Å²) in [5.41, 5.74) is 4.98. The topological polar surface area (TPSA) is 86.9 Å². The summed E-state index contributed by atoms with van der Waals surface area (Å²) in [5, 5.41) is 10.2. The van der Waals surface area contributed by atoms with Crippen LogP contribution in [0.4, 0.5) is 0 Å². The third-order valence-electron chi connectivity index (χ3n) is 4.69. The van der Waals surface area contributed by atoms with Crippen LogP contribution in [0.1, 0.15) is 32.6 Å². The molecule has 2 amide bonds. The van der Waals surface area contributed by atoms with E-state index in [4.69, 9.17) is 5.73 Å². The Kier molecular flexibility index (Phi) is 4.34. The molecule has 2 heterocycles. The van der Waals surface area contributed by atoms with Gasteiger partial charge in [0.25, 0.3) is 0 Å². The summed E-state index contributed by atoms with van der Waals surface area (Å²) < 4.78 is 0. The molecule has 0 aliphatic carbocycles. The Hall–Kier alpha value is -1.14. The van der Waals surface area contributed by atoms with Crippen molar-refractivity contribution in [1.29, 1.82) is 0 Å². The fraction of sp³-hybridized carbons (Fsp3) is 0.786. The number of aliphatic hydroxyl groups excluding tert-OH is 1. The van der Waals surface area contributed by atoms with Crippen LogP contribution < -0.4 is 5.73 Å². The first kappa shape index (κ1) is 15.3. The molecule has 0 spiro atoms. The molecule has 1 unspecified atom stereocenters. The molecule has 0 aromatic rings. The molecule has 6 heteroatoms. The lowest BCUT2D eigenvalue weighted by Crippen LogP contribution is -2.60. The average Bonchev–Trinajstić information content (AvgIpc) is 2.59. The minimum atomic E-state index is -0.665. The SMILES string of the molecule is CC(=O)N(C)CC(O)CN1[C@H]2C[CH]C[C@]1(C(N)=O)CC2. The normalized spacial score (nSPS) is 31.1. The first-order valence-corrected chi connectivity index (χ1v) is 7.15. The Morgan fingerprint density at radius 3 is 2.90 bits per heavy atom. The maximum atomic E-state index is 11.9. The number of nitrogens with zero attached hydrogens (tertiary/aromatic N) is 2. The fourth-order valence-electron chi connectivity index (χ4n) is 3.45. The fourth-order valence-corrected chi connectivity index (χ4v) is 3.45. The molecule has 20 heavy (non-hydrogen) atoms. The minimum absolute atomic E-state index is 0.0800. The maximum absolute atomic E-state index is 11.9. The van der Waals surface area contributed by atoms with E-state index < -0.39 is 11.6 Å². The molecule has 2 fully saturated rings. The summed E-state index contributed by atoms with van der Waals surface area (Å²) in [4.78, 5) is 26.6. The highest BCUT2D eigenvalue weighted by Crippen LogP contribution is 2.43. The molecular weight excluding hydrogens is 258 g/mol. The number of nitrogens with two attached hydrogens (primary N) is 1. The van der Waals surface area contributed by atoms with Gasteiger partial charge >= 0.3 is 0 Å². The number of hydrogen-bond acceptors (Lipinski definition) is 4. The Balaban J connectivity index is 2.04. The van der Waals surface area contributed by atoms with Gasteiger partial charge in [-0.1, -0.05) is 0 Å². The Morgan fingerprint density at radius 2 is 2.30 bits per heavy atom. The molecular formula is C14H24N3O3. The van der Waals surface area contributed by atoms with Crippen LogP contribution in [0.15, 0.2) is 0 Å². The van der Waals surface area contributed by atoms with Crippen LogP contribution in [-0.2, 0) is 9.59 Å². The summed E-state index contributed by atoms with van der Waals surface area (Å²) in [6.45, 7) is 2.13. The summed E-state index contributed by atoms with van der Waals surface area (Å²) in [5.74, 6) is -0.383. The lowest BCUT2D eigenvalue weighted by Gasteiger charge is -2.43. The zero-order chi connectivity index (χ0) is 14.9. The van der Waals surface area contributed by atoms with E-state index in [2.05, 4.69) is 11.3 Å². The van der Waals surface area contributed by atoms with Crippen LogP contribution in [0, 0.1) is 6.42 Å². The van der Waals surface area contributed by atoms with Crippen molar-refractivity contribution in [2.45, 2.75) is 50.3 Å². The van der Waals surface area contributed by atoms with Gasteiger partial charge in [-0.05, 0) is 32.1 Å². The molecule has 3 N–H and O–H groups in total. The van der Waals surface area contributed by atoms with Gasteiger partial charge in [0, 0.05) is 33.1 Å². The minimum Gasteiger partial charge on any atom is -0.390 e. The van der Waals surface area contributed by atoms with E-state index in [1.54, 1.807) is 7.05 Å². The van der Waals surface area contributed by atoms with Crippen LogP contribution in [-0.4, -0.2) is 64.5 Å². The van der Waals surface area contributed by atoms with Crippen LogP contribution in [0.2, 0.25) is 0 Å². The number of primary amides is 1. The Bertz CT molecular complexity index is 397. The van der Waals surface area contributed by atoms with Crippen molar-refractivity contribution in [1.82, 2.24) is 9.80 Å². The van der Waals surface area contributed by atoms with E-state index >= 15 is 0 Å². The van der Waals surface area contributed by atoms with Crippen molar-refractivity contribution in [3.05, 3.63) is 6.42 Å². The number of β-amino-alcohol motifs (C(OH)–C–C–N with tert-alkyl or cyclic N) is 1. The largest absolute Gasteiger partial charge is 0.390 e. The van der Waals surface area contributed by atoms with E-state index in [0.29, 0.717) is 13.0 Å². The predicted molar refractivity (Wildman–Crippen MR) is 74.5 cm³/mol. The summed E-state index contributed by atoms with van der Waals surface area (Å²) in [7, 11) is 1.66. The number of carbonyl (C=O) groups excluding carboxylic acids is 2. The number of rotatable bonds is 5. The second kappa shape index (κ2) is 5.69. The third kappa shape index (κ3) is 2.67. The van der Waals surface area contributed by atoms with E-state index in [-0.39, 0.29) is 24.4 Å². The zero-order valence-corrected chi connectivity index (χ0v) is 12.2. The van der Waals surface area contributed by atoms with Gasteiger partial charge in [-0.2, -0.15) is 0 Å². The molecule has 2 rings (SSSR count). The van der Waals surface area contributed by atoms with Crippen molar-refractivity contribution in [3.8, 4) is 0 Å². The number of aliphatic hydroxyl groups is 1. The number of fused-ring (bicyclic) bond motifs is 2. The molecule has 2 saturated heterocycles. The van der Waals surface area contributed by atoms with E-state index in [1.807, 2.05) is 0 Å². The summed E-state index contributed by atoms with van der Waals surface area (Å²) in [6, 6.07) is 0.286. The monoisotopic (exact) mass is 282 g/mol. The number of likely N-dealkylation sites (N-methyl/N-ethyl adjacent to an activating group) is 1.